The van der Waals surface area contributed by atoms with Crippen molar-refractivity contribution in [1.82, 2.24) is 4.98 Å². The lowest BCUT2D eigenvalue weighted by Gasteiger charge is -1.96. The smallest absolute Gasteiger partial charge is 0.199 e. The quantitative estimate of drug-likeness (QED) is 0.553. The van der Waals surface area contributed by atoms with Gasteiger partial charge >= 0.3 is 0 Å². The van der Waals surface area contributed by atoms with Crippen molar-refractivity contribution in [3.05, 3.63) is 11.6 Å². The minimum Gasteiger partial charge on any atom is -0.433 e. The molecule has 0 aliphatic heterocycles. The molecule has 0 aromatic carbocycles. The number of aryl methyl sites for hydroxylation is 1. The second kappa shape index (κ2) is 5.71. The van der Waals surface area contributed by atoms with Crippen molar-refractivity contribution in [3.63, 3.8) is 0 Å². The molecule has 1 rings (SSSR count). The molecule has 14 heavy (non-hydrogen) atoms. The Morgan fingerprint density at radius 2 is 2.29 bits per heavy atom. The number of unbranched alkanes of at least 4 members (excludes halogenated alkanes) is 2. The molecule has 1 heterocycles. The number of hydrogen-bond donors (Lipinski definition) is 0. The second-order valence-electron chi connectivity index (χ2n) is 3.04. The van der Waals surface area contributed by atoms with Gasteiger partial charge in [0.05, 0.1) is 0 Å². The van der Waals surface area contributed by atoms with Gasteiger partial charge in [-0.1, -0.05) is 31.5 Å². The van der Waals surface area contributed by atoms with Gasteiger partial charge in [0.25, 0.3) is 0 Å². The Labute approximate surface area is 88.5 Å². The zero-order valence-electron chi connectivity index (χ0n) is 8.54. The highest BCUT2D eigenvalue weighted by Gasteiger charge is 2.09. The first-order valence-electron chi connectivity index (χ1n) is 4.78. The lowest BCUT2D eigenvalue weighted by atomic mass is 10.3. The highest BCUT2D eigenvalue weighted by atomic mass is 32.2. The summed E-state index contributed by atoms with van der Waals surface area (Å²) in [5.74, 6) is 1.57. The van der Waals surface area contributed by atoms with Gasteiger partial charge in [-0.3, -0.25) is 0 Å². The van der Waals surface area contributed by atoms with Crippen LogP contribution >= 0.6 is 11.8 Å². The van der Waals surface area contributed by atoms with Crippen LogP contribution in [-0.2, 0) is 0 Å². The van der Waals surface area contributed by atoms with Gasteiger partial charge in [-0.25, -0.2) is 4.98 Å². The van der Waals surface area contributed by atoms with Crippen LogP contribution in [0.15, 0.2) is 9.51 Å². The van der Waals surface area contributed by atoms with Gasteiger partial charge in [-0.15, -0.1) is 0 Å². The zero-order chi connectivity index (χ0) is 10.4. The van der Waals surface area contributed by atoms with Crippen LogP contribution in [0, 0.1) is 18.3 Å². The van der Waals surface area contributed by atoms with Crippen LogP contribution in [0.3, 0.4) is 0 Å². The van der Waals surface area contributed by atoms with Crippen LogP contribution in [0.4, 0.5) is 0 Å². The maximum Gasteiger partial charge on any atom is 0.199 e. The largest absolute Gasteiger partial charge is 0.433 e. The molecule has 3 nitrogen and oxygen atoms in total. The molecule has 4 heteroatoms. The molecule has 0 spiro atoms. The monoisotopic (exact) mass is 210 g/mol. The topological polar surface area (TPSA) is 49.8 Å². The van der Waals surface area contributed by atoms with Crippen molar-refractivity contribution in [2.75, 3.05) is 5.75 Å². The van der Waals surface area contributed by atoms with E-state index >= 15 is 0 Å². The van der Waals surface area contributed by atoms with Gasteiger partial charge in [0.15, 0.2) is 16.7 Å². The Morgan fingerprint density at radius 1 is 1.50 bits per heavy atom. The number of thioether (sulfide) groups is 1. The molecule has 0 saturated heterocycles. The molecule has 0 saturated carbocycles. The summed E-state index contributed by atoms with van der Waals surface area (Å²) in [6, 6.07) is 2.03. The molecule has 1 aromatic rings. The van der Waals surface area contributed by atoms with Crippen molar-refractivity contribution in [1.29, 1.82) is 5.26 Å². The first kappa shape index (κ1) is 11.1. The average Bonchev–Trinajstić information content (AvgIpc) is 2.54. The summed E-state index contributed by atoms with van der Waals surface area (Å²) in [5, 5.41) is 9.42. The molecule has 0 radical (unpaired) electrons. The molecule has 0 aliphatic carbocycles. The summed E-state index contributed by atoms with van der Waals surface area (Å²) < 4.78 is 5.32. The molecule has 0 aliphatic rings. The number of hydrogen-bond acceptors (Lipinski definition) is 4. The van der Waals surface area contributed by atoms with E-state index in [0.29, 0.717) is 16.7 Å². The van der Waals surface area contributed by atoms with Crippen molar-refractivity contribution in [2.24, 2.45) is 0 Å². The third kappa shape index (κ3) is 3.08. The third-order valence-electron chi connectivity index (χ3n) is 1.79. The molecular formula is C10H14N2OS. The standard InChI is InChI=1S/C10H14N2OS/c1-3-4-5-6-14-10-9(7-11)12-8(2)13-10/h3-6H2,1-2H3. The molecule has 0 amide bonds. The van der Waals surface area contributed by atoms with Crippen LogP contribution < -0.4 is 0 Å². The predicted molar refractivity (Wildman–Crippen MR) is 56.2 cm³/mol. The summed E-state index contributed by atoms with van der Waals surface area (Å²) in [4.78, 5) is 3.98. The van der Waals surface area contributed by atoms with Crippen LogP contribution in [0.1, 0.15) is 37.8 Å². The van der Waals surface area contributed by atoms with Crippen molar-refractivity contribution in [2.45, 2.75) is 38.2 Å². The second-order valence-corrected chi connectivity index (χ2v) is 4.10. The minimum atomic E-state index is 0.420. The highest BCUT2D eigenvalue weighted by Crippen LogP contribution is 2.24. The molecule has 0 unspecified atom stereocenters. The van der Waals surface area contributed by atoms with Crippen LogP contribution in [0.2, 0.25) is 0 Å². The first-order valence-corrected chi connectivity index (χ1v) is 5.76. The average molecular weight is 210 g/mol. The predicted octanol–water partition coefficient (Wildman–Crippen LogP) is 3.14. The maximum atomic E-state index is 8.75. The summed E-state index contributed by atoms with van der Waals surface area (Å²) in [6.07, 6.45) is 3.59. The number of aromatic nitrogens is 1. The van der Waals surface area contributed by atoms with E-state index in [1.165, 1.54) is 12.8 Å². The van der Waals surface area contributed by atoms with E-state index in [4.69, 9.17) is 9.68 Å². The van der Waals surface area contributed by atoms with Crippen molar-refractivity contribution in [3.8, 4) is 6.07 Å². The van der Waals surface area contributed by atoms with Crippen molar-refractivity contribution >= 4 is 11.8 Å². The Balaban J connectivity index is 2.46. The Hall–Kier alpha value is -0.950. The van der Waals surface area contributed by atoms with E-state index in [2.05, 4.69) is 11.9 Å². The van der Waals surface area contributed by atoms with Gasteiger partial charge in [0, 0.05) is 12.7 Å². The normalized spacial score (nSPS) is 10.1. The fraction of sp³-hybridized carbons (Fsp3) is 0.600. The fourth-order valence-corrected chi connectivity index (χ4v) is 2.04. The zero-order valence-corrected chi connectivity index (χ0v) is 9.36. The van der Waals surface area contributed by atoms with Gasteiger partial charge in [0.1, 0.15) is 6.07 Å². The van der Waals surface area contributed by atoms with Crippen molar-refractivity contribution < 1.29 is 4.42 Å². The molecule has 76 valence electrons. The Morgan fingerprint density at radius 3 is 2.93 bits per heavy atom. The lowest BCUT2D eigenvalue weighted by Crippen LogP contribution is -1.81. The molecule has 0 atom stereocenters. The summed E-state index contributed by atoms with van der Waals surface area (Å²) in [7, 11) is 0. The van der Waals surface area contributed by atoms with Crippen LogP contribution in [0.25, 0.3) is 0 Å². The Bertz CT molecular complexity index is 327. The number of oxazole rings is 1. The van der Waals surface area contributed by atoms with Crippen LogP contribution in [0.5, 0.6) is 0 Å². The summed E-state index contributed by atoms with van der Waals surface area (Å²) in [5.41, 5.74) is 0.420. The van der Waals surface area contributed by atoms with Crippen LogP contribution in [-0.4, -0.2) is 10.7 Å². The summed E-state index contributed by atoms with van der Waals surface area (Å²) in [6.45, 7) is 3.93. The van der Waals surface area contributed by atoms with Gasteiger partial charge in [-0.2, -0.15) is 5.26 Å². The van der Waals surface area contributed by atoms with E-state index in [-0.39, 0.29) is 0 Å². The minimum absolute atomic E-state index is 0.420. The molecule has 1 aromatic heterocycles. The Kier molecular flexibility index (Phi) is 4.54. The molecular weight excluding hydrogens is 196 g/mol. The van der Waals surface area contributed by atoms with Gasteiger partial charge < -0.3 is 4.42 Å². The van der Waals surface area contributed by atoms with E-state index in [1.54, 1.807) is 18.7 Å². The number of nitriles is 1. The molecule has 0 bridgehead atoms. The van der Waals surface area contributed by atoms with E-state index in [9.17, 15) is 0 Å². The summed E-state index contributed by atoms with van der Waals surface area (Å²) >= 11 is 1.58. The highest BCUT2D eigenvalue weighted by molar-refractivity contribution is 7.99. The van der Waals surface area contributed by atoms with Gasteiger partial charge in [-0.05, 0) is 6.42 Å². The SMILES string of the molecule is CCCCCSc1oc(C)nc1C#N. The van der Waals surface area contributed by atoms with E-state index in [1.807, 2.05) is 6.07 Å². The number of nitrogens with zero attached hydrogens (tertiary/aromatic N) is 2. The third-order valence-corrected chi connectivity index (χ3v) is 2.82. The number of rotatable bonds is 5. The van der Waals surface area contributed by atoms with E-state index < -0.39 is 0 Å². The first-order chi connectivity index (χ1) is 6.77. The fourth-order valence-electron chi connectivity index (χ4n) is 1.09. The molecule has 0 fully saturated rings. The molecule has 0 N–H and O–H groups in total. The van der Waals surface area contributed by atoms with Gasteiger partial charge in [0.2, 0.25) is 0 Å². The van der Waals surface area contributed by atoms with E-state index in [0.717, 1.165) is 12.2 Å². The maximum absolute atomic E-state index is 8.75. The lowest BCUT2D eigenvalue weighted by molar-refractivity contribution is 0.440.